The topological polar surface area (TPSA) is 75.7 Å². The molecule has 160 valence electrons. The van der Waals surface area contributed by atoms with Crippen molar-refractivity contribution in [1.82, 2.24) is 4.90 Å². The summed E-state index contributed by atoms with van der Waals surface area (Å²) in [5.74, 6) is -0.376. The zero-order chi connectivity index (χ0) is 22.5. The number of thioether (sulfide) groups is 1. The molecule has 0 radical (unpaired) electrons. The Labute approximate surface area is 189 Å². The predicted molar refractivity (Wildman–Crippen MR) is 127 cm³/mol. The van der Waals surface area contributed by atoms with E-state index in [-0.39, 0.29) is 11.4 Å². The van der Waals surface area contributed by atoms with E-state index in [4.69, 9.17) is 4.74 Å². The molecule has 6 nitrogen and oxygen atoms in total. The zero-order valence-electron chi connectivity index (χ0n) is 17.1. The van der Waals surface area contributed by atoms with Gasteiger partial charge in [0.05, 0.1) is 4.91 Å². The van der Waals surface area contributed by atoms with E-state index < -0.39 is 17.1 Å². The van der Waals surface area contributed by atoms with Gasteiger partial charge in [0.1, 0.15) is 18.9 Å². The van der Waals surface area contributed by atoms with Crippen LogP contribution >= 0.6 is 11.8 Å². The first-order chi connectivity index (χ1) is 15.6. The first-order valence-electron chi connectivity index (χ1n) is 9.92. The molecule has 0 bridgehead atoms. The SMILES string of the molecule is C=CCOc1ccccc1/C=C1\SC(=O)N(CC(=O)Nc2cccc3ccccc23)C1=O. The van der Waals surface area contributed by atoms with Crippen molar-refractivity contribution in [3.8, 4) is 5.75 Å². The van der Waals surface area contributed by atoms with Crippen LogP contribution in [0.5, 0.6) is 5.75 Å². The molecule has 3 amide bonds. The van der Waals surface area contributed by atoms with Crippen molar-refractivity contribution >= 4 is 51.4 Å². The van der Waals surface area contributed by atoms with Gasteiger partial charge in [-0.05, 0) is 35.4 Å². The molecule has 1 aliphatic heterocycles. The molecule has 0 aliphatic carbocycles. The fourth-order valence-electron chi connectivity index (χ4n) is 3.33. The van der Waals surface area contributed by atoms with Gasteiger partial charge >= 0.3 is 0 Å². The number of carbonyl (C=O) groups is 3. The maximum absolute atomic E-state index is 12.8. The molecular formula is C25H20N2O4S. The summed E-state index contributed by atoms with van der Waals surface area (Å²) in [7, 11) is 0. The smallest absolute Gasteiger partial charge is 0.294 e. The number of nitrogens with zero attached hydrogens (tertiary/aromatic N) is 1. The van der Waals surface area contributed by atoms with Gasteiger partial charge in [0.15, 0.2) is 0 Å². The summed E-state index contributed by atoms with van der Waals surface area (Å²) in [6.07, 6.45) is 3.23. The summed E-state index contributed by atoms with van der Waals surface area (Å²) >= 11 is 0.803. The number of hydrogen-bond acceptors (Lipinski definition) is 5. The lowest BCUT2D eigenvalue weighted by molar-refractivity contribution is -0.127. The van der Waals surface area contributed by atoms with Crippen molar-refractivity contribution in [2.45, 2.75) is 0 Å². The Balaban J connectivity index is 1.49. The molecule has 1 N–H and O–H groups in total. The van der Waals surface area contributed by atoms with Crippen LogP contribution in [-0.2, 0) is 9.59 Å². The molecular weight excluding hydrogens is 424 g/mol. The monoisotopic (exact) mass is 444 g/mol. The zero-order valence-corrected chi connectivity index (χ0v) is 17.9. The Kier molecular flexibility index (Phi) is 6.37. The first kappa shape index (κ1) is 21.4. The number of benzene rings is 3. The van der Waals surface area contributed by atoms with Gasteiger partial charge in [0, 0.05) is 16.6 Å². The van der Waals surface area contributed by atoms with Crippen LogP contribution in [0.3, 0.4) is 0 Å². The molecule has 32 heavy (non-hydrogen) atoms. The summed E-state index contributed by atoms with van der Waals surface area (Å²) in [5, 5.41) is 4.19. The molecule has 0 unspecified atom stereocenters. The minimum absolute atomic E-state index is 0.239. The highest BCUT2D eigenvalue weighted by Crippen LogP contribution is 2.34. The van der Waals surface area contributed by atoms with E-state index in [1.54, 1.807) is 30.4 Å². The summed E-state index contributed by atoms with van der Waals surface area (Å²) in [5.41, 5.74) is 1.30. The number of fused-ring (bicyclic) bond motifs is 1. The van der Waals surface area contributed by atoms with Gasteiger partial charge in [-0.3, -0.25) is 19.3 Å². The van der Waals surface area contributed by atoms with Gasteiger partial charge in [-0.2, -0.15) is 0 Å². The Morgan fingerprint density at radius 1 is 1.03 bits per heavy atom. The number of nitrogens with one attached hydrogen (secondary N) is 1. The molecule has 1 saturated heterocycles. The van der Waals surface area contributed by atoms with E-state index in [9.17, 15) is 14.4 Å². The van der Waals surface area contributed by atoms with Crippen LogP contribution in [0.15, 0.2) is 84.3 Å². The molecule has 3 aromatic rings. The first-order valence-corrected chi connectivity index (χ1v) is 10.7. The van der Waals surface area contributed by atoms with E-state index in [1.165, 1.54) is 0 Å². The lowest BCUT2D eigenvalue weighted by atomic mass is 10.1. The number of amides is 3. The van der Waals surface area contributed by atoms with Crippen LogP contribution in [0, 0.1) is 0 Å². The highest BCUT2D eigenvalue weighted by Gasteiger charge is 2.36. The lowest BCUT2D eigenvalue weighted by Gasteiger charge is -2.13. The molecule has 0 spiro atoms. The molecule has 1 fully saturated rings. The van der Waals surface area contributed by atoms with E-state index in [2.05, 4.69) is 11.9 Å². The Hall–Kier alpha value is -3.84. The fourth-order valence-corrected chi connectivity index (χ4v) is 4.15. The summed E-state index contributed by atoms with van der Waals surface area (Å²) in [4.78, 5) is 39.1. The molecule has 1 heterocycles. The van der Waals surface area contributed by atoms with Gasteiger partial charge in [-0.1, -0.05) is 67.3 Å². The predicted octanol–water partition coefficient (Wildman–Crippen LogP) is 5.08. The highest BCUT2D eigenvalue weighted by atomic mass is 32.2. The molecule has 1 aliphatic rings. The van der Waals surface area contributed by atoms with E-state index in [0.717, 1.165) is 27.4 Å². The molecule has 0 saturated carbocycles. The number of para-hydroxylation sites is 1. The van der Waals surface area contributed by atoms with E-state index in [0.29, 0.717) is 23.6 Å². The van der Waals surface area contributed by atoms with E-state index in [1.807, 2.05) is 48.5 Å². The second-order valence-electron chi connectivity index (χ2n) is 6.98. The minimum atomic E-state index is -0.508. The molecule has 3 aromatic carbocycles. The Morgan fingerprint density at radius 3 is 2.62 bits per heavy atom. The lowest BCUT2D eigenvalue weighted by Crippen LogP contribution is -2.36. The summed E-state index contributed by atoms with van der Waals surface area (Å²) in [6.45, 7) is 3.59. The molecule has 4 rings (SSSR count). The molecule has 0 aromatic heterocycles. The van der Waals surface area contributed by atoms with Crippen molar-refractivity contribution in [3.05, 3.63) is 89.9 Å². The van der Waals surface area contributed by atoms with Crippen LogP contribution < -0.4 is 10.1 Å². The number of imide groups is 1. The van der Waals surface area contributed by atoms with Crippen LogP contribution in [0.25, 0.3) is 16.8 Å². The average molecular weight is 445 g/mol. The standard InChI is InChI=1S/C25H20N2O4S/c1-2-14-31-21-13-6-4-9-18(21)15-22-24(29)27(25(30)32-22)16-23(28)26-20-12-7-10-17-8-3-5-11-19(17)20/h2-13,15H,1,14,16H2,(H,26,28)/b22-15-. The van der Waals surface area contributed by atoms with Gasteiger partial charge in [-0.15, -0.1) is 0 Å². The molecule has 7 heteroatoms. The van der Waals surface area contributed by atoms with Crippen LogP contribution in [0.2, 0.25) is 0 Å². The van der Waals surface area contributed by atoms with Crippen LogP contribution in [0.1, 0.15) is 5.56 Å². The largest absolute Gasteiger partial charge is 0.489 e. The normalized spacial score (nSPS) is 14.8. The second-order valence-corrected chi connectivity index (χ2v) is 7.97. The number of carbonyl (C=O) groups excluding carboxylic acids is 3. The Morgan fingerprint density at radius 2 is 1.78 bits per heavy atom. The third kappa shape index (κ3) is 4.58. The van der Waals surface area contributed by atoms with Crippen molar-refractivity contribution in [2.75, 3.05) is 18.5 Å². The van der Waals surface area contributed by atoms with Crippen molar-refractivity contribution < 1.29 is 19.1 Å². The number of rotatable bonds is 7. The number of ether oxygens (including phenoxy) is 1. The van der Waals surface area contributed by atoms with Gasteiger partial charge in [-0.25, -0.2) is 0 Å². The third-order valence-electron chi connectivity index (χ3n) is 4.80. The van der Waals surface area contributed by atoms with Crippen molar-refractivity contribution in [2.24, 2.45) is 0 Å². The maximum Gasteiger partial charge on any atom is 0.294 e. The van der Waals surface area contributed by atoms with Gasteiger partial charge in [0.2, 0.25) is 5.91 Å². The third-order valence-corrected chi connectivity index (χ3v) is 5.71. The van der Waals surface area contributed by atoms with Gasteiger partial charge < -0.3 is 10.1 Å². The second kappa shape index (κ2) is 9.53. The summed E-state index contributed by atoms with van der Waals surface area (Å²) in [6, 6.07) is 20.4. The van der Waals surface area contributed by atoms with E-state index >= 15 is 0 Å². The maximum atomic E-state index is 12.8. The van der Waals surface area contributed by atoms with Crippen molar-refractivity contribution in [1.29, 1.82) is 0 Å². The summed E-state index contributed by atoms with van der Waals surface area (Å²) < 4.78 is 5.61. The average Bonchev–Trinajstić information content (AvgIpc) is 3.06. The van der Waals surface area contributed by atoms with Crippen LogP contribution in [-0.4, -0.2) is 35.1 Å². The van der Waals surface area contributed by atoms with Crippen LogP contribution in [0.4, 0.5) is 10.5 Å². The van der Waals surface area contributed by atoms with Crippen molar-refractivity contribution in [3.63, 3.8) is 0 Å². The fraction of sp³-hybridized carbons (Fsp3) is 0.0800. The minimum Gasteiger partial charge on any atom is -0.489 e. The number of anilines is 1. The Bertz CT molecular complexity index is 1250. The quantitative estimate of drug-likeness (QED) is 0.406. The highest BCUT2D eigenvalue weighted by molar-refractivity contribution is 8.18. The molecule has 0 atom stereocenters. The number of hydrogen-bond donors (Lipinski definition) is 1. The van der Waals surface area contributed by atoms with Gasteiger partial charge in [0.25, 0.3) is 11.1 Å².